The Balaban J connectivity index is 1.89. The van der Waals surface area contributed by atoms with E-state index in [4.69, 9.17) is 0 Å². The zero-order chi connectivity index (χ0) is 17.4. The van der Waals surface area contributed by atoms with Crippen molar-refractivity contribution in [1.82, 2.24) is 0 Å². The number of carbonyl (C=O) groups excluding carboxylic acids is 2. The van der Waals surface area contributed by atoms with Gasteiger partial charge in [-0.3, -0.25) is 14.5 Å². The molecule has 0 fully saturated rings. The van der Waals surface area contributed by atoms with Gasteiger partial charge in [0.2, 0.25) is 0 Å². The standard InChI is InChI=1S/C22H17NO2/c1-15-12-13-18-19(14-15)20(21(24)16-8-4-2-5-9-16)23(22(18)25)17-10-6-3-7-11-17/h2-14,20H,1H3. The average molecular weight is 327 g/mol. The number of hydrogen-bond acceptors (Lipinski definition) is 2. The molecule has 0 spiro atoms. The van der Waals surface area contributed by atoms with E-state index in [0.29, 0.717) is 11.1 Å². The molecule has 0 saturated heterocycles. The van der Waals surface area contributed by atoms with Gasteiger partial charge in [0, 0.05) is 16.8 Å². The van der Waals surface area contributed by atoms with Crippen LogP contribution in [0.5, 0.6) is 0 Å². The summed E-state index contributed by atoms with van der Waals surface area (Å²) in [5.41, 5.74) is 3.75. The third kappa shape index (κ3) is 2.54. The molecule has 1 amide bonds. The minimum Gasteiger partial charge on any atom is -0.293 e. The van der Waals surface area contributed by atoms with Gasteiger partial charge in [-0.2, -0.15) is 0 Å². The molecule has 1 aliphatic rings. The number of benzene rings is 3. The van der Waals surface area contributed by atoms with Crippen molar-refractivity contribution in [3.63, 3.8) is 0 Å². The molecule has 1 atom stereocenters. The molecule has 0 radical (unpaired) electrons. The van der Waals surface area contributed by atoms with Crippen LogP contribution in [0.2, 0.25) is 0 Å². The van der Waals surface area contributed by atoms with E-state index in [-0.39, 0.29) is 11.7 Å². The molecule has 122 valence electrons. The second kappa shape index (κ2) is 6.02. The molecular formula is C22H17NO2. The van der Waals surface area contributed by atoms with Gasteiger partial charge in [0.15, 0.2) is 5.78 Å². The third-order valence-corrected chi connectivity index (χ3v) is 4.55. The zero-order valence-corrected chi connectivity index (χ0v) is 13.8. The van der Waals surface area contributed by atoms with Crippen molar-refractivity contribution in [2.75, 3.05) is 4.90 Å². The van der Waals surface area contributed by atoms with Gasteiger partial charge in [-0.05, 0) is 30.7 Å². The van der Waals surface area contributed by atoms with Crippen molar-refractivity contribution in [2.24, 2.45) is 0 Å². The van der Waals surface area contributed by atoms with Crippen molar-refractivity contribution in [3.8, 4) is 0 Å². The predicted octanol–water partition coefficient (Wildman–Crippen LogP) is 4.58. The van der Waals surface area contributed by atoms with Crippen LogP contribution in [0, 0.1) is 6.92 Å². The van der Waals surface area contributed by atoms with Crippen LogP contribution in [0.25, 0.3) is 0 Å². The lowest BCUT2D eigenvalue weighted by Gasteiger charge is -2.24. The Morgan fingerprint density at radius 1 is 0.880 bits per heavy atom. The zero-order valence-electron chi connectivity index (χ0n) is 13.8. The van der Waals surface area contributed by atoms with Crippen molar-refractivity contribution in [2.45, 2.75) is 13.0 Å². The highest BCUT2D eigenvalue weighted by Crippen LogP contribution is 2.39. The first-order valence-electron chi connectivity index (χ1n) is 8.25. The molecule has 3 heteroatoms. The van der Waals surface area contributed by atoms with E-state index < -0.39 is 6.04 Å². The van der Waals surface area contributed by atoms with Gasteiger partial charge in [-0.15, -0.1) is 0 Å². The van der Waals surface area contributed by atoms with Gasteiger partial charge in [-0.25, -0.2) is 0 Å². The summed E-state index contributed by atoms with van der Waals surface area (Å²) in [5.74, 6) is -0.197. The van der Waals surface area contributed by atoms with Gasteiger partial charge >= 0.3 is 0 Å². The second-order valence-corrected chi connectivity index (χ2v) is 6.23. The van der Waals surface area contributed by atoms with E-state index in [0.717, 1.165) is 16.8 Å². The normalized spacial score (nSPS) is 16.0. The lowest BCUT2D eigenvalue weighted by Crippen LogP contribution is -2.32. The number of Topliss-reactive ketones (excluding diaryl/α,β-unsaturated/α-hetero) is 1. The molecule has 3 nitrogen and oxygen atoms in total. The summed E-state index contributed by atoms with van der Waals surface area (Å²) in [6.07, 6.45) is 0. The van der Waals surface area contributed by atoms with Gasteiger partial charge < -0.3 is 0 Å². The highest BCUT2D eigenvalue weighted by Gasteiger charge is 2.42. The van der Waals surface area contributed by atoms with Crippen LogP contribution in [0.1, 0.15) is 37.9 Å². The molecule has 0 aliphatic carbocycles. The van der Waals surface area contributed by atoms with E-state index >= 15 is 0 Å². The fraction of sp³-hybridized carbons (Fsp3) is 0.0909. The van der Waals surface area contributed by atoms with E-state index in [9.17, 15) is 9.59 Å². The Morgan fingerprint density at radius 2 is 1.52 bits per heavy atom. The van der Waals surface area contributed by atoms with Crippen LogP contribution in [0.15, 0.2) is 78.9 Å². The fourth-order valence-corrected chi connectivity index (χ4v) is 3.36. The SMILES string of the molecule is Cc1ccc2c(c1)C(C(=O)c1ccccc1)N(c1ccccc1)C2=O. The maximum atomic E-state index is 13.3. The summed E-state index contributed by atoms with van der Waals surface area (Å²) in [6.45, 7) is 1.97. The number of amides is 1. The van der Waals surface area contributed by atoms with Gasteiger partial charge in [-0.1, -0.05) is 66.2 Å². The average Bonchev–Trinajstić information content (AvgIpc) is 2.94. The molecule has 1 unspecified atom stereocenters. The third-order valence-electron chi connectivity index (χ3n) is 4.55. The number of carbonyl (C=O) groups is 2. The number of aryl methyl sites for hydroxylation is 1. The highest BCUT2D eigenvalue weighted by molar-refractivity contribution is 6.18. The van der Waals surface area contributed by atoms with Crippen molar-refractivity contribution >= 4 is 17.4 Å². The first kappa shape index (κ1) is 15.3. The molecule has 3 aromatic rings. The molecule has 4 rings (SSSR count). The summed E-state index contributed by atoms with van der Waals surface area (Å²) in [6, 6.07) is 23.6. The van der Waals surface area contributed by atoms with Crippen molar-refractivity contribution in [3.05, 3.63) is 101 Å². The van der Waals surface area contributed by atoms with Crippen LogP contribution in [0.3, 0.4) is 0 Å². The van der Waals surface area contributed by atoms with E-state index in [1.165, 1.54) is 0 Å². The van der Waals surface area contributed by atoms with E-state index in [1.54, 1.807) is 17.0 Å². The molecule has 0 N–H and O–H groups in total. The van der Waals surface area contributed by atoms with Crippen LogP contribution in [-0.2, 0) is 0 Å². The topological polar surface area (TPSA) is 37.4 Å². The number of fused-ring (bicyclic) bond motifs is 1. The van der Waals surface area contributed by atoms with Gasteiger partial charge in [0.25, 0.3) is 5.91 Å². The van der Waals surface area contributed by atoms with Crippen LogP contribution in [-0.4, -0.2) is 11.7 Å². The molecule has 1 aliphatic heterocycles. The van der Waals surface area contributed by atoms with Crippen molar-refractivity contribution < 1.29 is 9.59 Å². The first-order valence-corrected chi connectivity index (χ1v) is 8.25. The molecule has 0 saturated carbocycles. The Bertz CT molecular complexity index is 948. The van der Waals surface area contributed by atoms with Crippen LogP contribution in [0.4, 0.5) is 5.69 Å². The quantitative estimate of drug-likeness (QED) is 0.660. The molecule has 3 aromatic carbocycles. The Morgan fingerprint density at radius 3 is 2.20 bits per heavy atom. The van der Waals surface area contributed by atoms with Crippen LogP contribution < -0.4 is 4.90 Å². The fourth-order valence-electron chi connectivity index (χ4n) is 3.36. The summed E-state index contributed by atoms with van der Waals surface area (Å²) >= 11 is 0. The van der Waals surface area contributed by atoms with E-state index in [2.05, 4.69) is 0 Å². The van der Waals surface area contributed by atoms with E-state index in [1.807, 2.05) is 73.7 Å². The highest BCUT2D eigenvalue weighted by atomic mass is 16.2. The lowest BCUT2D eigenvalue weighted by molar-refractivity contribution is 0.0916. The molecule has 0 bridgehead atoms. The first-order chi connectivity index (χ1) is 12.2. The number of nitrogens with zero attached hydrogens (tertiary/aromatic N) is 1. The summed E-state index contributed by atoms with van der Waals surface area (Å²) in [7, 11) is 0. The Labute approximate surface area is 146 Å². The predicted molar refractivity (Wildman–Crippen MR) is 97.9 cm³/mol. The monoisotopic (exact) mass is 327 g/mol. The van der Waals surface area contributed by atoms with Crippen LogP contribution >= 0.6 is 0 Å². The summed E-state index contributed by atoms with van der Waals surface area (Å²) in [5, 5.41) is 0. The summed E-state index contributed by atoms with van der Waals surface area (Å²) < 4.78 is 0. The van der Waals surface area contributed by atoms with Gasteiger partial charge in [0.05, 0.1) is 0 Å². The Kier molecular flexibility index (Phi) is 3.69. The molecule has 0 aromatic heterocycles. The summed E-state index contributed by atoms with van der Waals surface area (Å²) in [4.78, 5) is 27.9. The second-order valence-electron chi connectivity index (χ2n) is 6.23. The minimum atomic E-state index is -0.632. The van der Waals surface area contributed by atoms with Gasteiger partial charge in [0.1, 0.15) is 6.04 Å². The smallest absolute Gasteiger partial charge is 0.259 e. The lowest BCUT2D eigenvalue weighted by atomic mass is 9.95. The minimum absolute atomic E-state index is 0.0675. The number of hydrogen-bond donors (Lipinski definition) is 0. The van der Waals surface area contributed by atoms with Crippen molar-refractivity contribution in [1.29, 1.82) is 0 Å². The number of anilines is 1. The molecule has 25 heavy (non-hydrogen) atoms. The maximum Gasteiger partial charge on any atom is 0.259 e. The Hall–Kier alpha value is -3.20. The molecule has 1 heterocycles. The number of ketones is 1. The maximum absolute atomic E-state index is 13.3. The molecular weight excluding hydrogens is 310 g/mol. The number of rotatable bonds is 3. The largest absolute Gasteiger partial charge is 0.293 e. The number of para-hydroxylation sites is 1.